The number of anilines is 1. The Kier molecular flexibility index (Phi) is 7.89. The van der Waals surface area contributed by atoms with E-state index in [2.05, 4.69) is 15.5 Å². The van der Waals surface area contributed by atoms with Crippen molar-refractivity contribution in [1.82, 2.24) is 0 Å². The molecule has 9 nitrogen and oxygen atoms in total. The molecule has 0 atom stereocenters. The Morgan fingerprint density at radius 1 is 1.05 bits per heavy atom. The molecule has 4 aromatic carbocycles. The van der Waals surface area contributed by atoms with Crippen LogP contribution in [0.15, 0.2) is 75.8 Å². The first kappa shape index (κ1) is 27.3. The number of ether oxygens (including phenoxy) is 1. The van der Waals surface area contributed by atoms with Gasteiger partial charge in [-0.1, -0.05) is 54.4 Å². The van der Waals surface area contributed by atoms with Gasteiger partial charge in [-0.3, -0.25) is 9.35 Å². The number of benzene rings is 4. The fraction of sp³-hybridized carbons (Fsp3) is 0.115. The van der Waals surface area contributed by atoms with Crippen molar-refractivity contribution in [2.45, 2.75) is 18.2 Å². The van der Waals surface area contributed by atoms with Crippen molar-refractivity contribution in [2.24, 2.45) is 10.2 Å². The van der Waals surface area contributed by atoms with Gasteiger partial charge in [0.05, 0.1) is 34.1 Å². The Hall–Kier alpha value is -3.70. The third-order valence-corrected chi connectivity index (χ3v) is 7.44. The van der Waals surface area contributed by atoms with Crippen molar-refractivity contribution in [1.29, 1.82) is 0 Å². The second-order valence-electron chi connectivity index (χ2n) is 8.09. The minimum Gasteiger partial charge on any atom is -0.505 e. The van der Waals surface area contributed by atoms with E-state index < -0.39 is 26.7 Å². The molecule has 196 valence electrons. The molecule has 12 heteroatoms. The third-order valence-electron chi connectivity index (χ3n) is 5.69. The molecule has 0 saturated carbocycles. The molecule has 0 aliphatic rings. The molecule has 1 amide bonds. The van der Waals surface area contributed by atoms with E-state index in [1.165, 1.54) is 25.3 Å². The van der Waals surface area contributed by atoms with Crippen molar-refractivity contribution in [2.75, 3.05) is 12.4 Å². The summed E-state index contributed by atoms with van der Waals surface area (Å²) in [7, 11) is -3.13. The Balaban J connectivity index is 1.80. The zero-order chi connectivity index (χ0) is 27.6. The number of nitrogens with one attached hydrogen (secondary N) is 1. The van der Waals surface area contributed by atoms with Gasteiger partial charge in [-0.15, -0.1) is 5.11 Å². The largest absolute Gasteiger partial charge is 0.505 e. The number of carbonyl (C=O) groups is 1. The van der Waals surface area contributed by atoms with E-state index in [0.29, 0.717) is 34.2 Å². The minimum absolute atomic E-state index is 0.0181. The highest BCUT2D eigenvalue weighted by Gasteiger charge is 2.21. The van der Waals surface area contributed by atoms with E-state index in [1.54, 1.807) is 43.3 Å². The van der Waals surface area contributed by atoms with Crippen LogP contribution < -0.4 is 10.1 Å². The highest BCUT2D eigenvalue weighted by atomic mass is 35.5. The number of rotatable bonds is 7. The molecule has 0 aliphatic carbocycles. The highest BCUT2D eigenvalue weighted by molar-refractivity contribution is 7.86. The lowest BCUT2D eigenvalue weighted by atomic mass is 10.0. The maximum atomic E-state index is 13.1. The van der Waals surface area contributed by atoms with Crippen LogP contribution in [-0.2, 0) is 16.5 Å². The predicted octanol–water partition coefficient (Wildman–Crippen LogP) is 7.34. The molecule has 0 radical (unpaired) electrons. The molecule has 0 spiro atoms. The molecular weight excluding hydrogens is 553 g/mol. The van der Waals surface area contributed by atoms with E-state index >= 15 is 0 Å². The number of hydrogen-bond donors (Lipinski definition) is 3. The number of carbonyl (C=O) groups excluding carboxylic acids is 1. The van der Waals surface area contributed by atoms with Crippen molar-refractivity contribution in [3.8, 4) is 11.5 Å². The van der Waals surface area contributed by atoms with Crippen LogP contribution in [0.4, 0.5) is 17.1 Å². The fourth-order valence-electron chi connectivity index (χ4n) is 3.76. The average Bonchev–Trinajstić information content (AvgIpc) is 2.88. The number of phenolic OH excluding ortho intramolecular Hbond substituents is 1. The number of methoxy groups -OCH3 is 1. The third kappa shape index (κ3) is 5.58. The van der Waals surface area contributed by atoms with Crippen LogP contribution in [0.5, 0.6) is 11.5 Å². The molecule has 0 aliphatic heterocycles. The summed E-state index contributed by atoms with van der Waals surface area (Å²) in [4.78, 5) is 12.6. The van der Waals surface area contributed by atoms with Crippen LogP contribution in [0.2, 0.25) is 10.0 Å². The van der Waals surface area contributed by atoms with Crippen LogP contribution in [0.25, 0.3) is 10.8 Å². The number of nitrogens with zero attached hydrogens (tertiary/aromatic N) is 2. The Morgan fingerprint density at radius 3 is 2.45 bits per heavy atom. The molecule has 38 heavy (non-hydrogen) atoms. The number of phenols is 1. The number of azo groups is 1. The van der Waals surface area contributed by atoms with Crippen LogP contribution >= 0.6 is 23.2 Å². The quantitative estimate of drug-likeness (QED) is 0.156. The molecule has 0 unspecified atom stereocenters. The summed E-state index contributed by atoms with van der Waals surface area (Å²) < 4.78 is 38.3. The number of aromatic hydroxyl groups is 1. The summed E-state index contributed by atoms with van der Waals surface area (Å²) >= 11 is 12.4. The monoisotopic (exact) mass is 573 g/mol. The Bertz CT molecular complexity index is 1710. The maximum absolute atomic E-state index is 13.1. The smallest absolute Gasteiger partial charge is 0.296 e. The number of aryl methyl sites for hydroxylation is 1. The lowest BCUT2D eigenvalue weighted by Crippen LogP contribution is -2.12. The Labute approximate surface area is 228 Å². The van der Waals surface area contributed by atoms with Crippen molar-refractivity contribution in [3.05, 3.63) is 81.8 Å². The maximum Gasteiger partial charge on any atom is 0.296 e. The summed E-state index contributed by atoms with van der Waals surface area (Å²) in [5.41, 5.74) is 0.694. The highest BCUT2D eigenvalue weighted by Crippen LogP contribution is 2.40. The standard InChI is InChI=1S/C26H21Cl2N3O6S/c1-3-14-10-16(12-22(23(14)28)38(34,35)36)30-31-24-18-7-5-4-6-15(18)11-19(25(24)32)26(33)29-21-9-8-17(37-2)13-20(21)27/h4-13,32H,3H2,1-2H3,(H,29,33)(H,34,35,36). The molecule has 0 saturated heterocycles. The molecule has 0 heterocycles. The Morgan fingerprint density at radius 2 is 1.79 bits per heavy atom. The van der Waals surface area contributed by atoms with Crippen LogP contribution in [-0.4, -0.2) is 31.1 Å². The lowest BCUT2D eigenvalue weighted by molar-refractivity contribution is 0.102. The van der Waals surface area contributed by atoms with Gasteiger partial charge in [-0.2, -0.15) is 13.5 Å². The normalized spacial score (nSPS) is 11.7. The second-order valence-corrected chi connectivity index (χ2v) is 10.3. The van der Waals surface area contributed by atoms with Gasteiger partial charge in [0.1, 0.15) is 16.3 Å². The SMILES string of the molecule is CCc1cc(N=Nc2c(O)c(C(=O)Nc3ccc(OC)cc3Cl)cc3ccccc23)cc(S(=O)(=O)O)c1Cl. The van der Waals surface area contributed by atoms with E-state index in [0.717, 1.165) is 6.07 Å². The topological polar surface area (TPSA) is 138 Å². The summed E-state index contributed by atoms with van der Waals surface area (Å²) in [5.74, 6) is -0.589. The van der Waals surface area contributed by atoms with E-state index in [9.17, 15) is 22.9 Å². The molecule has 0 fully saturated rings. The van der Waals surface area contributed by atoms with Gasteiger partial charge < -0.3 is 15.2 Å². The number of amides is 1. The molecule has 4 aromatic rings. The summed E-state index contributed by atoms with van der Waals surface area (Å²) in [6, 6.07) is 15.7. The minimum atomic E-state index is -4.62. The summed E-state index contributed by atoms with van der Waals surface area (Å²) in [6.07, 6.45) is 0.364. The van der Waals surface area contributed by atoms with Crippen LogP contribution in [0.1, 0.15) is 22.8 Å². The van der Waals surface area contributed by atoms with E-state index in [1.807, 2.05) is 0 Å². The zero-order valence-corrected chi connectivity index (χ0v) is 22.4. The van der Waals surface area contributed by atoms with Crippen LogP contribution in [0.3, 0.4) is 0 Å². The van der Waals surface area contributed by atoms with Gasteiger partial charge in [-0.05, 0) is 47.7 Å². The van der Waals surface area contributed by atoms with Gasteiger partial charge in [0, 0.05) is 11.5 Å². The van der Waals surface area contributed by atoms with Crippen molar-refractivity contribution < 1.29 is 27.6 Å². The van der Waals surface area contributed by atoms with Crippen molar-refractivity contribution >= 4 is 67.1 Å². The van der Waals surface area contributed by atoms with Gasteiger partial charge in [-0.25, -0.2) is 0 Å². The first-order valence-corrected chi connectivity index (χ1v) is 13.3. The molecule has 3 N–H and O–H groups in total. The number of hydrogen-bond acceptors (Lipinski definition) is 7. The summed E-state index contributed by atoms with van der Waals surface area (Å²) in [5, 5.41) is 23.2. The van der Waals surface area contributed by atoms with E-state index in [4.69, 9.17) is 27.9 Å². The number of fused-ring (bicyclic) bond motifs is 1. The first-order chi connectivity index (χ1) is 18.0. The fourth-order valence-corrected chi connectivity index (χ4v) is 5.14. The second kappa shape index (κ2) is 11.0. The van der Waals surface area contributed by atoms with Gasteiger partial charge in [0.25, 0.3) is 16.0 Å². The van der Waals surface area contributed by atoms with Crippen molar-refractivity contribution in [3.63, 3.8) is 0 Å². The molecular formula is C26H21Cl2N3O6S. The van der Waals surface area contributed by atoms with Gasteiger partial charge in [0.15, 0.2) is 5.75 Å². The van der Waals surface area contributed by atoms with Gasteiger partial charge >= 0.3 is 0 Å². The van der Waals surface area contributed by atoms with Gasteiger partial charge in [0.2, 0.25) is 0 Å². The molecule has 0 aromatic heterocycles. The predicted molar refractivity (Wildman–Crippen MR) is 146 cm³/mol. The van der Waals surface area contributed by atoms with Crippen LogP contribution in [0, 0.1) is 0 Å². The molecule has 0 bridgehead atoms. The first-order valence-electron chi connectivity index (χ1n) is 11.1. The lowest BCUT2D eigenvalue weighted by Gasteiger charge is -2.12. The zero-order valence-electron chi connectivity index (χ0n) is 20.1. The number of halogens is 2. The summed E-state index contributed by atoms with van der Waals surface area (Å²) in [6.45, 7) is 1.76. The molecule has 4 rings (SSSR count). The van der Waals surface area contributed by atoms with E-state index in [-0.39, 0.29) is 27.0 Å². The average molecular weight is 574 g/mol.